The van der Waals surface area contributed by atoms with Crippen LogP contribution in [0, 0.1) is 0 Å². The molecule has 6 aromatic carbocycles. The maximum atomic E-state index is 14.3. The van der Waals surface area contributed by atoms with Crippen molar-refractivity contribution in [3.8, 4) is 22.6 Å². The summed E-state index contributed by atoms with van der Waals surface area (Å²) in [4.78, 5) is 11.7. The Morgan fingerprint density at radius 1 is 0.527 bits per heavy atom. The number of fused-ring (bicyclic) bond motifs is 7. The number of benzene rings is 6. The molecule has 0 aliphatic carbocycles. The zero-order chi connectivity index (χ0) is 39.6. The fourth-order valence-corrected chi connectivity index (χ4v) is 12.0. The van der Waals surface area contributed by atoms with E-state index >= 15 is 0 Å². The molecule has 2 unspecified atom stereocenters. The molecule has 6 aromatic rings. The third-order valence-corrected chi connectivity index (χ3v) is 16.2. The third kappa shape index (κ3) is 7.51. The first-order chi connectivity index (χ1) is 25.9. The van der Waals surface area contributed by atoms with Crippen LogP contribution >= 0.6 is 7.82 Å². The van der Waals surface area contributed by atoms with Gasteiger partial charge in [0.15, 0.2) is 21.9 Å². The summed E-state index contributed by atoms with van der Waals surface area (Å²) in [6, 6.07) is 39.0. The molecule has 2 atom stereocenters. The Balaban J connectivity index is 1.46. The molecule has 0 aromatic heterocycles. The number of hydrogen-bond acceptors (Lipinski definition) is 3. The van der Waals surface area contributed by atoms with Gasteiger partial charge in [0.05, 0.1) is 0 Å². The zero-order valence-electron chi connectivity index (χ0n) is 33.9. The van der Waals surface area contributed by atoms with Crippen molar-refractivity contribution in [2.75, 3.05) is 0 Å². The number of hydrogen-bond donors (Lipinski definition) is 1. The van der Waals surface area contributed by atoms with Gasteiger partial charge in [0.1, 0.15) is 10.1 Å². The molecule has 280 valence electrons. The highest BCUT2D eigenvalue weighted by Gasteiger charge is 2.50. The molecule has 0 fully saturated rings. The van der Waals surface area contributed by atoms with E-state index in [1.165, 1.54) is 22.3 Å². The first-order valence-electron chi connectivity index (χ1n) is 19.5. The highest BCUT2D eigenvalue weighted by atomic mass is 31.2. The van der Waals surface area contributed by atoms with E-state index < -0.39 is 7.82 Å². The van der Waals surface area contributed by atoms with Gasteiger partial charge in [-0.3, -0.25) is 4.89 Å². The minimum atomic E-state index is -4.64. The second-order valence-corrected chi connectivity index (χ2v) is 22.7. The molecule has 1 heterocycles. The minimum absolute atomic E-state index is 0.0519. The lowest BCUT2D eigenvalue weighted by Gasteiger charge is -2.22. The van der Waals surface area contributed by atoms with Crippen LogP contribution in [0.4, 0.5) is 0 Å². The van der Waals surface area contributed by atoms with Crippen LogP contribution < -0.4 is 19.4 Å². The Hall–Kier alpha value is -3.94. The highest BCUT2D eigenvalue weighted by molar-refractivity contribution is 7.48. The second kappa shape index (κ2) is 14.2. The van der Waals surface area contributed by atoms with Crippen LogP contribution in [0.5, 0.6) is 11.5 Å². The third-order valence-electron chi connectivity index (χ3n) is 11.7. The smallest absolute Gasteiger partial charge is 0.391 e. The Morgan fingerprint density at radius 2 is 0.855 bits per heavy atom. The highest BCUT2D eigenvalue weighted by Crippen LogP contribution is 2.56. The van der Waals surface area contributed by atoms with Gasteiger partial charge in [-0.15, -0.1) is 0 Å². The molecule has 4 nitrogen and oxygen atoms in total. The lowest BCUT2D eigenvalue weighted by Crippen LogP contribution is -2.38. The van der Waals surface area contributed by atoms with Crippen molar-refractivity contribution in [3.63, 3.8) is 0 Å². The van der Waals surface area contributed by atoms with Crippen LogP contribution in [0.3, 0.4) is 0 Å². The zero-order valence-corrected chi connectivity index (χ0v) is 36.8. The van der Waals surface area contributed by atoms with Crippen molar-refractivity contribution in [2.24, 2.45) is 0 Å². The van der Waals surface area contributed by atoms with Crippen LogP contribution in [0.2, 0.25) is 0 Å². The van der Waals surface area contributed by atoms with Gasteiger partial charge in [-0.25, -0.2) is 4.57 Å². The Morgan fingerprint density at radius 3 is 1.18 bits per heavy atom. The molecule has 0 amide bonds. The van der Waals surface area contributed by atoms with Gasteiger partial charge in [0, 0.05) is 11.1 Å². The van der Waals surface area contributed by atoms with Crippen LogP contribution in [0.25, 0.3) is 32.7 Å². The van der Waals surface area contributed by atoms with Gasteiger partial charge >= 0.3 is 26.9 Å². The molecule has 0 bridgehead atoms. The van der Waals surface area contributed by atoms with Crippen LogP contribution in [0.15, 0.2) is 109 Å². The Kier molecular flexibility index (Phi) is 10.2. The van der Waals surface area contributed by atoms with Crippen molar-refractivity contribution in [1.29, 1.82) is 0 Å². The van der Waals surface area contributed by atoms with Gasteiger partial charge in [0.25, 0.3) is 0 Å². The monoisotopic (exact) mass is 780 g/mol. The summed E-state index contributed by atoms with van der Waals surface area (Å²) in [5.41, 5.74) is 6.81. The fourth-order valence-electron chi connectivity index (χ4n) is 7.78. The van der Waals surface area contributed by atoms with Crippen molar-refractivity contribution >= 4 is 58.8 Å². The average Bonchev–Trinajstić information content (AvgIpc) is 3.28. The Bertz CT molecular complexity index is 2270. The summed E-state index contributed by atoms with van der Waals surface area (Å²) in [7, 11) is -4.13. The number of phosphoric ester groups is 1. The van der Waals surface area contributed by atoms with Crippen molar-refractivity contribution < 1.29 is 18.5 Å². The number of phosphoric acid groups is 1. The van der Waals surface area contributed by atoms with Gasteiger partial charge in [-0.1, -0.05) is 152 Å². The summed E-state index contributed by atoms with van der Waals surface area (Å²) in [5, 5.41) is 5.38. The first-order valence-corrected chi connectivity index (χ1v) is 23.0. The molecule has 55 heavy (non-hydrogen) atoms. The summed E-state index contributed by atoms with van der Waals surface area (Å²) in [5.74, 6) is 0.878. The number of rotatable bonds is 8. The fraction of sp³-hybridized carbons (Fsp3) is 0.333. The van der Waals surface area contributed by atoms with Gasteiger partial charge in [0.2, 0.25) is 0 Å². The molecular weight excluding hydrogens is 728 g/mol. The van der Waals surface area contributed by atoms with Crippen LogP contribution in [-0.4, -0.2) is 23.9 Å². The molecule has 7 heteroatoms. The van der Waals surface area contributed by atoms with E-state index in [-0.39, 0.29) is 39.9 Å². The summed E-state index contributed by atoms with van der Waals surface area (Å²) in [6.45, 7) is 22.5. The van der Waals surface area contributed by atoms with E-state index in [2.05, 4.69) is 166 Å². The van der Waals surface area contributed by atoms with E-state index in [0.29, 0.717) is 11.5 Å². The van der Waals surface area contributed by atoms with E-state index in [9.17, 15) is 9.46 Å². The molecule has 2 radical (unpaired) electrons. The molecule has 0 spiro atoms. The molecule has 7 rings (SSSR count). The second-order valence-electron chi connectivity index (χ2n) is 17.6. The van der Waals surface area contributed by atoms with E-state index in [0.717, 1.165) is 55.9 Å². The quantitative estimate of drug-likeness (QED) is 0.123. The predicted octanol–water partition coefficient (Wildman–Crippen LogP) is 11.4. The van der Waals surface area contributed by atoms with Crippen LogP contribution in [-0.2, 0) is 25.5 Å². The maximum absolute atomic E-state index is 14.3. The normalized spacial score (nSPS) is 17.9. The van der Waals surface area contributed by atoms with Crippen LogP contribution in [0.1, 0.15) is 104 Å². The SMILES string of the molecule is CCC(C)([Si+]c1cc2ccccc2c2c1OP(=O)(O)Oc1c([Si+]C(C)(CC)c3ccc(C(C)(C)C)cc3)cc3ccccc3c1-2)c1ccc(C(C)(C)C)cc1. The van der Waals surface area contributed by atoms with Crippen molar-refractivity contribution in [3.05, 3.63) is 131 Å². The standard InChI is InChI=1S/C48H53O4PSi2/c1-11-47(9,35-25-21-33(22-26-35)45(3,4)5)54-39-29-31-17-13-15-19-37(31)41-42-38-20-16-14-18-32(38)30-40(44(42)52-53(49,50)51-43(39)41)55-48(10,12-2)36-27-23-34(24-28-36)46(6,7)8/h13-30H,11-12H2,1-10H3,(H,49,50)/q+2. The molecule has 1 aliphatic rings. The lowest BCUT2D eigenvalue weighted by atomic mass is 9.85. The molecule has 1 N–H and O–H groups in total. The molecule has 0 saturated carbocycles. The van der Waals surface area contributed by atoms with E-state index in [1.807, 2.05) is 12.1 Å². The van der Waals surface area contributed by atoms with Gasteiger partial charge in [-0.2, -0.15) is 0 Å². The van der Waals surface area contributed by atoms with Crippen molar-refractivity contribution in [1.82, 2.24) is 0 Å². The largest absolute Gasteiger partial charge is 0.585 e. The summed E-state index contributed by atoms with van der Waals surface area (Å²) < 4.78 is 27.0. The molecular formula is C48H53O4PSi2+2. The summed E-state index contributed by atoms with van der Waals surface area (Å²) in [6.07, 6.45) is 1.76. The van der Waals surface area contributed by atoms with E-state index in [1.54, 1.807) is 0 Å². The topological polar surface area (TPSA) is 55.8 Å². The summed E-state index contributed by atoms with van der Waals surface area (Å²) >= 11 is 0. The molecule has 0 saturated heterocycles. The van der Waals surface area contributed by atoms with Gasteiger partial charge < -0.3 is 9.05 Å². The van der Waals surface area contributed by atoms with Gasteiger partial charge in [-0.05, 0) is 93.5 Å². The Labute approximate surface area is 333 Å². The lowest BCUT2D eigenvalue weighted by molar-refractivity contribution is 0.296. The van der Waals surface area contributed by atoms with E-state index in [4.69, 9.17) is 9.05 Å². The maximum Gasteiger partial charge on any atom is 0.585 e. The van der Waals surface area contributed by atoms with Crippen molar-refractivity contribution in [2.45, 2.75) is 103 Å². The first kappa shape index (κ1) is 39.3. The molecule has 1 aliphatic heterocycles. The minimum Gasteiger partial charge on any atom is -0.391 e. The average molecular weight is 781 g/mol. The predicted molar refractivity (Wildman–Crippen MR) is 234 cm³/mol.